The van der Waals surface area contributed by atoms with Crippen LogP contribution in [0.5, 0.6) is 0 Å². The Kier molecular flexibility index (Phi) is 0.758. The fourth-order valence-electron chi connectivity index (χ4n) is 1.11. The maximum Gasteiger partial charge on any atom is 0.167 e. The molecule has 9 heavy (non-hydrogen) atoms. The number of hydrogen-bond acceptors (Lipinski definition) is 1. The Hall–Kier alpha value is -1.11. The van der Waals surface area contributed by atoms with Gasteiger partial charge in [-0.2, -0.15) is 0 Å². The molecular weight excluding hydrogens is 112 g/mol. The van der Waals surface area contributed by atoms with Crippen molar-refractivity contribution in [2.45, 2.75) is 6.42 Å². The predicted octanol–water partition coefficient (Wildman–Crippen LogP) is 1.43. The summed E-state index contributed by atoms with van der Waals surface area (Å²) in [6.45, 7) is 0. The number of rotatable bonds is 0. The third-order valence-corrected chi connectivity index (χ3v) is 1.67. The molecule has 0 saturated carbocycles. The van der Waals surface area contributed by atoms with Crippen LogP contribution in [0.3, 0.4) is 0 Å². The Bertz CT molecular complexity index is 263. The standard InChI is InChI=1S/C8H6O/c9-8-5-6-3-1-2-4-7(6)8/h1-4H,5H2. The molecule has 1 nitrogen and oxygen atoms in total. The summed E-state index contributed by atoms with van der Waals surface area (Å²) in [5.74, 6) is 0.283. The van der Waals surface area contributed by atoms with Crippen molar-refractivity contribution in [2.75, 3.05) is 0 Å². The molecule has 0 atom stereocenters. The van der Waals surface area contributed by atoms with E-state index in [0.717, 1.165) is 5.56 Å². The summed E-state index contributed by atoms with van der Waals surface area (Å²) in [7, 11) is 0. The highest BCUT2D eigenvalue weighted by Crippen LogP contribution is 2.20. The van der Waals surface area contributed by atoms with E-state index in [2.05, 4.69) is 0 Å². The van der Waals surface area contributed by atoms with Crippen LogP contribution in [0.15, 0.2) is 24.3 Å². The number of carbonyl (C=O) groups is 1. The zero-order valence-corrected chi connectivity index (χ0v) is 4.92. The first-order valence-electron chi connectivity index (χ1n) is 2.99. The van der Waals surface area contributed by atoms with E-state index < -0.39 is 0 Å². The lowest BCUT2D eigenvalue weighted by Gasteiger charge is -2.14. The Balaban J connectivity index is 2.63. The van der Waals surface area contributed by atoms with Gasteiger partial charge in [0.25, 0.3) is 0 Å². The minimum absolute atomic E-state index is 0.283. The number of hydrogen-bond donors (Lipinski definition) is 0. The molecule has 0 bridgehead atoms. The molecule has 1 aromatic carbocycles. The van der Waals surface area contributed by atoms with E-state index in [1.807, 2.05) is 24.3 Å². The second-order valence-corrected chi connectivity index (χ2v) is 2.26. The zero-order valence-electron chi connectivity index (χ0n) is 4.92. The van der Waals surface area contributed by atoms with Gasteiger partial charge in [-0.1, -0.05) is 24.3 Å². The van der Waals surface area contributed by atoms with E-state index in [1.165, 1.54) is 5.56 Å². The van der Waals surface area contributed by atoms with E-state index in [4.69, 9.17) is 0 Å². The van der Waals surface area contributed by atoms with Gasteiger partial charge in [-0.25, -0.2) is 0 Å². The Labute approximate surface area is 53.3 Å². The molecule has 0 heterocycles. The highest BCUT2D eigenvalue weighted by molar-refractivity contribution is 6.06. The molecule has 0 aromatic heterocycles. The third kappa shape index (κ3) is 0.515. The van der Waals surface area contributed by atoms with Crippen LogP contribution < -0.4 is 0 Å². The maximum absolute atomic E-state index is 10.7. The normalized spacial score (nSPS) is 14.4. The zero-order chi connectivity index (χ0) is 6.27. The van der Waals surface area contributed by atoms with Gasteiger partial charge < -0.3 is 0 Å². The van der Waals surface area contributed by atoms with Crippen molar-refractivity contribution in [1.82, 2.24) is 0 Å². The quantitative estimate of drug-likeness (QED) is 0.503. The SMILES string of the molecule is O=C1Cc2ccccc21. The smallest absolute Gasteiger partial charge is 0.167 e. The monoisotopic (exact) mass is 118 g/mol. The van der Waals surface area contributed by atoms with Gasteiger partial charge in [0.2, 0.25) is 0 Å². The van der Waals surface area contributed by atoms with Crippen LogP contribution in [-0.4, -0.2) is 5.78 Å². The van der Waals surface area contributed by atoms with Gasteiger partial charge in [0.05, 0.1) is 0 Å². The number of ketones is 1. The summed E-state index contributed by atoms with van der Waals surface area (Å²) < 4.78 is 0. The number of carbonyl (C=O) groups excluding carboxylic acids is 1. The molecule has 0 unspecified atom stereocenters. The van der Waals surface area contributed by atoms with Crippen LogP contribution in [0, 0.1) is 0 Å². The highest BCUT2D eigenvalue weighted by atomic mass is 16.1. The summed E-state index contributed by atoms with van der Waals surface area (Å²) >= 11 is 0. The largest absolute Gasteiger partial charge is 0.294 e. The summed E-state index contributed by atoms with van der Waals surface area (Å²) in [6.07, 6.45) is 0.649. The Morgan fingerprint density at radius 3 is 2.56 bits per heavy atom. The van der Waals surface area contributed by atoms with Crippen molar-refractivity contribution in [2.24, 2.45) is 0 Å². The molecule has 0 saturated heterocycles. The lowest BCUT2D eigenvalue weighted by Crippen LogP contribution is -2.17. The van der Waals surface area contributed by atoms with Gasteiger partial charge in [-0.3, -0.25) is 4.79 Å². The van der Waals surface area contributed by atoms with Crippen molar-refractivity contribution in [3.05, 3.63) is 35.4 Å². The molecule has 0 aliphatic heterocycles. The lowest BCUT2D eigenvalue weighted by molar-refractivity contribution is 0.0968. The topological polar surface area (TPSA) is 17.1 Å². The molecule has 1 heteroatoms. The van der Waals surface area contributed by atoms with E-state index in [9.17, 15) is 4.79 Å². The third-order valence-electron chi connectivity index (χ3n) is 1.67. The van der Waals surface area contributed by atoms with Crippen LogP contribution in [0.2, 0.25) is 0 Å². The second kappa shape index (κ2) is 1.44. The first kappa shape index (κ1) is 4.74. The lowest BCUT2D eigenvalue weighted by atomic mass is 9.88. The van der Waals surface area contributed by atoms with Crippen molar-refractivity contribution in [3.63, 3.8) is 0 Å². The molecule has 0 fully saturated rings. The van der Waals surface area contributed by atoms with Gasteiger partial charge in [0, 0.05) is 12.0 Å². The minimum Gasteiger partial charge on any atom is -0.294 e. The first-order valence-corrected chi connectivity index (χ1v) is 2.99. The molecule has 0 N–H and O–H groups in total. The van der Waals surface area contributed by atoms with Crippen molar-refractivity contribution in [1.29, 1.82) is 0 Å². The molecule has 1 aliphatic rings. The fourth-order valence-corrected chi connectivity index (χ4v) is 1.11. The molecule has 1 aliphatic carbocycles. The van der Waals surface area contributed by atoms with Gasteiger partial charge in [0.15, 0.2) is 5.78 Å². The summed E-state index contributed by atoms with van der Waals surface area (Å²) in [5, 5.41) is 0. The van der Waals surface area contributed by atoms with Crippen molar-refractivity contribution in [3.8, 4) is 0 Å². The molecule has 0 radical (unpaired) electrons. The molecule has 0 spiro atoms. The van der Waals surface area contributed by atoms with Crippen LogP contribution in [0.1, 0.15) is 15.9 Å². The minimum atomic E-state index is 0.283. The summed E-state index contributed by atoms with van der Waals surface area (Å²) in [5.41, 5.74) is 2.11. The van der Waals surface area contributed by atoms with Crippen molar-refractivity contribution < 1.29 is 4.79 Å². The van der Waals surface area contributed by atoms with Crippen molar-refractivity contribution >= 4 is 5.78 Å². The Morgan fingerprint density at radius 2 is 2.00 bits per heavy atom. The van der Waals surface area contributed by atoms with Gasteiger partial charge in [-0.15, -0.1) is 0 Å². The first-order chi connectivity index (χ1) is 4.38. The van der Waals surface area contributed by atoms with Gasteiger partial charge in [-0.05, 0) is 5.56 Å². The van der Waals surface area contributed by atoms with E-state index in [-0.39, 0.29) is 5.78 Å². The number of benzene rings is 1. The average Bonchev–Trinajstić information content (AvgIpc) is 1.86. The van der Waals surface area contributed by atoms with Crippen LogP contribution >= 0.6 is 0 Å². The van der Waals surface area contributed by atoms with E-state index in [0.29, 0.717) is 6.42 Å². The molecule has 44 valence electrons. The second-order valence-electron chi connectivity index (χ2n) is 2.26. The highest BCUT2D eigenvalue weighted by Gasteiger charge is 2.20. The van der Waals surface area contributed by atoms with Crippen LogP contribution in [-0.2, 0) is 6.42 Å². The molecular formula is C8H6O. The van der Waals surface area contributed by atoms with Crippen LogP contribution in [0.25, 0.3) is 0 Å². The van der Waals surface area contributed by atoms with E-state index in [1.54, 1.807) is 0 Å². The predicted molar refractivity (Wildman–Crippen MR) is 34.5 cm³/mol. The summed E-state index contributed by atoms with van der Waals surface area (Å²) in [4.78, 5) is 10.7. The molecule has 0 amide bonds. The number of fused-ring (bicyclic) bond motifs is 1. The Morgan fingerprint density at radius 1 is 1.22 bits per heavy atom. The molecule has 2 rings (SSSR count). The molecule has 1 aromatic rings. The maximum atomic E-state index is 10.7. The van der Waals surface area contributed by atoms with E-state index >= 15 is 0 Å². The fraction of sp³-hybridized carbons (Fsp3) is 0.125. The van der Waals surface area contributed by atoms with Gasteiger partial charge in [0.1, 0.15) is 0 Å². The van der Waals surface area contributed by atoms with Crippen LogP contribution in [0.4, 0.5) is 0 Å². The average molecular weight is 118 g/mol. The summed E-state index contributed by atoms with van der Waals surface area (Å²) in [6, 6.07) is 7.74. The van der Waals surface area contributed by atoms with Gasteiger partial charge >= 0.3 is 0 Å². The number of Topliss-reactive ketones (excluding diaryl/α,β-unsaturated/α-hetero) is 1.